The van der Waals surface area contributed by atoms with Crippen LogP contribution in [0.15, 0.2) is 78.9 Å². The van der Waals surface area contributed by atoms with Crippen LogP contribution in [0.5, 0.6) is 0 Å². The number of rotatable bonds is 5. The Morgan fingerprint density at radius 2 is 1.46 bits per heavy atom. The summed E-state index contributed by atoms with van der Waals surface area (Å²) < 4.78 is 0. The van der Waals surface area contributed by atoms with Gasteiger partial charge >= 0.3 is 0 Å². The molecule has 0 aromatic heterocycles. The number of hydrogen-bond acceptors (Lipinski definition) is 2. The van der Waals surface area contributed by atoms with Crippen LogP contribution in [-0.2, 0) is 0 Å². The fourth-order valence-corrected chi connectivity index (χ4v) is 2.82. The van der Waals surface area contributed by atoms with E-state index in [1.807, 2.05) is 86.6 Å². The van der Waals surface area contributed by atoms with Crippen LogP contribution in [0.25, 0.3) is 0 Å². The molecule has 0 aliphatic carbocycles. The van der Waals surface area contributed by atoms with E-state index in [0.29, 0.717) is 0 Å². The van der Waals surface area contributed by atoms with E-state index in [-0.39, 0.29) is 5.78 Å². The average Bonchev–Trinajstić information content (AvgIpc) is 2.60. The Hall–Kier alpha value is -2.87. The molecule has 24 heavy (non-hydrogen) atoms. The lowest BCUT2D eigenvalue weighted by Crippen LogP contribution is -2.21. The summed E-state index contributed by atoms with van der Waals surface area (Å²) in [4.78, 5) is 13.2. The Morgan fingerprint density at radius 3 is 2.12 bits per heavy atom. The molecule has 2 heteroatoms. The number of para-hydroxylation sites is 1. The van der Waals surface area contributed by atoms with Crippen molar-refractivity contribution in [3.8, 4) is 0 Å². The number of anilines is 1. The maximum absolute atomic E-state index is 13.2. The maximum atomic E-state index is 13.2. The molecule has 0 heterocycles. The third-order valence-corrected chi connectivity index (χ3v) is 4.03. The first-order valence-electron chi connectivity index (χ1n) is 8.12. The third kappa shape index (κ3) is 3.72. The van der Waals surface area contributed by atoms with E-state index in [0.717, 1.165) is 27.9 Å². The van der Waals surface area contributed by atoms with Gasteiger partial charge in [-0.1, -0.05) is 71.8 Å². The lowest BCUT2D eigenvalue weighted by Gasteiger charge is -2.20. The molecule has 1 N–H and O–H groups in total. The fourth-order valence-electron chi connectivity index (χ4n) is 2.82. The van der Waals surface area contributed by atoms with Crippen LogP contribution in [0.1, 0.15) is 33.1 Å². The second kappa shape index (κ2) is 7.14. The smallest absolute Gasteiger partial charge is 0.189 e. The minimum absolute atomic E-state index is 0.0770. The van der Waals surface area contributed by atoms with Crippen LogP contribution >= 0.6 is 0 Å². The Kier molecular flexibility index (Phi) is 4.76. The van der Waals surface area contributed by atoms with Gasteiger partial charge in [-0.25, -0.2) is 0 Å². The van der Waals surface area contributed by atoms with Gasteiger partial charge in [0.1, 0.15) is 6.04 Å². The van der Waals surface area contributed by atoms with Gasteiger partial charge in [-0.05, 0) is 37.6 Å². The van der Waals surface area contributed by atoms with Crippen molar-refractivity contribution in [3.05, 3.63) is 101 Å². The summed E-state index contributed by atoms with van der Waals surface area (Å²) in [6.07, 6.45) is 0. The maximum Gasteiger partial charge on any atom is 0.189 e. The molecule has 0 saturated heterocycles. The van der Waals surface area contributed by atoms with E-state index in [1.165, 1.54) is 0 Å². The zero-order valence-corrected chi connectivity index (χ0v) is 14.0. The second-order valence-electron chi connectivity index (χ2n) is 6.09. The van der Waals surface area contributed by atoms with Crippen LogP contribution in [0.4, 0.5) is 5.69 Å². The molecule has 120 valence electrons. The fraction of sp³-hybridized carbons (Fsp3) is 0.136. The van der Waals surface area contributed by atoms with Crippen molar-refractivity contribution >= 4 is 11.5 Å². The van der Waals surface area contributed by atoms with Crippen LogP contribution < -0.4 is 5.32 Å². The largest absolute Gasteiger partial charge is 0.371 e. The summed E-state index contributed by atoms with van der Waals surface area (Å²) in [6, 6.07) is 25.3. The van der Waals surface area contributed by atoms with Gasteiger partial charge in [0.25, 0.3) is 0 Å². The molecule has 2 nitrogen and oxygen atoms in total. The highest BCUT2D eigenvalue weighted by Crippen LogP contribution is 2.25. The number of aryl methyl sites for hydroxylation is 2. The third-order valence-electron chi connectivity index (χ3n) is 4.03. The Bertz CT molecular complexity index is 839. The predicted molar refractivity (Wildman–Crippen MR) is 99.5 cm³/mol. The van der Waals surface area contributed by atoms with Crippen LogP contribution in [0.3, 0.4) is 0 Å². The van der Waals surface area contributed by atoms with E-state index in [9.17, 15) is 4.79 Å². The van der Waals surface area contributed by atoms with Crippen LogP contribution in [0, 0.1) is 13.8 Å². The standard InChI is InChI=1S/C22H21NO/c1-16-8-6-10-18(14-16)21(23-20-12-4-3-5-13-20)22(24)19-11-7-9-17(2)15-19/h3-15,21,23H,1-2H3. The summed E-state index contributed by atoms with van der Waals surface area (Å²) in [6.45, 7) is 4.04. The molecular formula is C22H21NO. The molecule has 3 aromatic carbocycles. The summed E-state index contributed by atoms with van der Waals surface area (Å²) in [5.41, 5.74) is 4.87. The highest BCUT2D eigenvalue weighted by Gasteiger charge is 2.22. The van der Waals surface area contributed by atoms with E-state index < -0.39 is 6.04 Å². The molecule has 0 bridgehead atoms. The number of ketones is 1. The van der Waals surface area contributed by atoms with Crippen molar-refractivity contribution in [3.63, 3.8) is 0 Å². The summed E-state index contributed by atoms with van der Waals surface area (Å²) in [5.74, 6) is 0.0770. The number of carbonyl (C=O) groups is 1. The van der Waals surface area contributed by atoms with Gasteiger partial charge in [-0.15, -0.1) is 0 Å². The van der Waals surface area contributed by atoms with E-state index >= 15 is 0 Å². The van der Waals surface area contributed by atoms with Gasteiger partial charge in [-0.3, -0.25) is 4.79 Å². The van der Waals surface area contributed by atoms with Crippen molar-refractivity contribution in [1.29, 1.82) is 0 Å². The summed E-state index contributed by atoms with van der Waals surface area (Å²) in [5, 5.41) is 3.39. The highest BCUT2D eigenvalue weighted by atomic mass is 16.1. The zero-order valence-electron chi connectivity index (χ0n) is 14.0. The Labute approximate surface area is 143 Å². The number of nitrogens with one attached hydrogen (secondary N) is 1. The van der Waals surface area contributed by atoms with Crippen molar-refractivity contribution in [1.82, 2.24) is 0 Å². The molecular weight excluding hydrogens is 294 g/mol. The van der Waals surface area contributed by atoms with Gasteiger partial charge in [-0.2, -0.15) is 0 Å². The first-order chi connectivity index (χ1) is 11.6. The zero-order chi connectivity index (χ0) is 16.9. The number of benzene rings is 3. The van der Waals surface area contributed by atoms with E-state index in [4.69, 9.17) is 0 Å². The molecule has 0 spiro atoms. The number of carbonyl (C=O) groups excluding carboxylic acids is 1. The summed E-state index contributed by atoms with van der Waals surface area (Å²) in [7, 11) is 0. The second-order valence-corrected chi connectivity index (χ2v) is 6.09. The molecule has 0 radical (unpaired) electrons. The molecule has 0 amide bonds. The van der Waals surface area contributed by atoms with Crippen LogP contribution in [0.2, 0.25) is 0 Å². The molecule has 0 aliphatic heterocycles. The molecule has 0 aliphatic rings. The SMILES string of the molecule is Cc1cccc(C(=O)C(Nc2ccccc2)c2cccc(C)c2)c1. The van der Waals surface area contributed by atoms with Gasteiger partial charge in [0.2, 0.25) is 0 Å². The van der Waals surface area contributed by atoms with E-state index in [2.05, 4.69) is 11.4 Å². The molecule has 3 aromatic rings. The molecule has 0 fully saturated rings. The van der Waals surface area contributed by atoms with Gasteiger partial charge < -0.3 is 5.32 Å². The number of hydrogen-bond donors (Lipinski definition) is 1. The van der Waals surface area contributed by atoms with Gasteiger partial charge in [0.15, 0.2) is 5.78 Å². The van der Waals surface area contributed by atoms with Gasteiger partial charge in [0.05, 0.1) is 0 Å². The molecule has 0 saturated carbocycles. The normalized spacial score (nSPS) is 11.8. The highest BCUT2D eigenvalue weighted by molar-refractivity contribution is 6.02. The monoisotopic (exact) mass is 315 g/mol. The van der Waals surface area contributed by atoms with Crippen molar-refractivity contribution in [2.45, 2.75) is 19.9 Å². The first kappa shape index (κ1) is 16.0. The topological polar surface area (TPSA) is 29.1 Å². The van der Waals surface area contributed by atoms with Crippen molar-refractivity contribution in [2.24, 2.45) is 0 Å². The Morgan fingerprint density at radius 1 is 0.792 bits per heavy atom. The van der Waals surface area contributed by atoms with Crippen molar-refractivity contribution < 1.29 is 4.79 Å². The molecule has 1 atom stereocenters. The minimum atomic E-state index is -0.408. The predicted octanol–water partition coefficient (Wildman–Crippen LogP) is 5.34. The van der Waals surface area contributed by atoms with Gasteiger partial charge in [0, 0.05) is 11.3 Å². The minimum Gasteiger partial charge on any atom is -0.371 e. The molecule has 3 rings (SSSR count). The lowest BCUT2D eigenvalue weighted by atomic mass is 9.95. The Balaban J connectivity index is 1.99. The van der Waals surface area contributed by atoms with Crippen molar-refractivity contribution in [2.75, 3.05) is 5.32 Å². The number of Topliss-reactive ketones (excluding diaryl/α,β-unsaturated/α-hetero) is 1. The lowest BCUT2D eigenvalue weighted by molar-refractivity contribution is 0.0969. The van der Waals surface area contributed by atoms with Crippen LogP contribution in [-0.4, -0.2) is 5.78 Å². The average molecular weight is 315 g/mol. The molecule has 1 unspecified atom stereocenters. The quantitative estimate of drug-likeness (QED) is 0.644. The van der Waals surface area contributed by atoms with E-state index in [1.54, 1.807) is 0 Å². The summed E-state index contributed by atoms with van der Waals surface area (Å²) >= 11 is 0. The first-order valence-corrected chi connectivity index (χ1v) is 8.12.